The van der Waals surface area contributed by atoms with Gasteiger partial charge in [-0.25, -0.2) is 9.18 Å². The molecule has 0 bridgehead atoms. The number of halogens is 1. The fraction of sp³-hybridized carbons (Fsp3) is 0.235. The van der Waals surface area contributed by atoms with E-state index in [1.54, 1.807) is 19.1 Å². The van der Waals surface area contributed by atoms with Crippen molar-refractivity contribution in [3.63, 3.8) is 0 Å². The summed E-state index contributed by atoms with van der Waals surface area (Å²) in [6, 6.07) is 7.23. The van der Waals surface area contributed by atoms with Gasteiger partial charge in [0.15, 0.2) is 6.61 Å². The van der Waals surface area contributed by atoms with Gasteiger partial charge in [-0.05, 0) is 31.2 Å². The second kappa shape index (κ2) is 9.90. The van der Waals surface area contributed by atoms with Crippen LogP contribution in [-0.2, 0) is 14.3 Å². The van der Waals surface area contributed by atoms with Gasteiger partial charge in [0.2, 0.25) is 0 Å². The molecule has 0 fully saturated rings. The van der Waals surface area contributed by atoms with Gasteiger partial charge in [0.1, 0.15) is 5.82 Å². The third-order valence-corrected chi connectivity index (χ3v) is 2.76. The summed E-state index contributed by atoms with van der Waals surface area (Å²) >= 11 is 0. The van der Waals surface area contributed by atoms with Gasteiger partial charge in [0.25, 0.3) is 5.91 Å². The monoisotopic (exact) mass is 316 g/mol. The Balaban J connectivity index is 2.71. The maximum Gasteiger partial charge on any atom is 0.331 e. The van der Waals surface area contributed by atoms with Crippen LogP contribution in [0.2, 0.25) is 0 Å². The van der Waals surface area contributed by atoms with Crippen molar-refractivity contribution in [1.29, 1.82) is 5.26 Å². The average Bonchev–Trinajstić information content (AvgIpc) is 2.55. The van der Waals surface area contributed by atoms with Gasteiger partial charge in [-0.2, -0.15) is 5.26 Å². The number of carbonyl (C=O) groups is 2. The lowest BCUT2D eigenvalue weighted by atomic mass is 10.2. The Bertz CT molecular complexity index is 630. The van der Waals surface area contributed by atoms with E-state index in [0.717, 1.165) is 0 Å². The molecule has 0 saturated carbocycles. The van der Waals surface area contributed by atoms with Crippen molar-refractivity contribution < 1.29 is 18.7 Å². The molecule has 5 nitrogen and oxygen atoms in total. The lowest BCUT2D eigenvalue weighted by Gasteiger charge is -2.21. The number of hydrogen-bond donors (Lipinski definition) is 0. The van der Waals surface area contributed by atoms with E-state index in [9.17, 15) is 14.0 Å². The van der Waals surface area contributed by atoms with Gasteiger partial charge in [-0.1, -0.05) is 18.2 Å². The van der Waals surface area contributed by atoms with Crippen LogP contribution in [0.4, 0.5) is 10.1 Å². The largest absolute Gasteiger partial charge is 0.452 e. The maximum atomic E-state index is 13.0. The first-order valence-corrected chi connectivity index (χ1v) is 6.97. The zero-order valence-electron chi connectivity index (χ0n) is 12.7. The van der Waals surface area contributed by atoms with Gasteiger partial charge < -0.3 is 9.64 Å². The number of rotatable bonds is 7. The van der Waals surface area contributed by atoms with Crippen LogP contribution in [0.1, 0.15) is 13.3 Å². The highest BCUT2D eigenvalue weighted by molar-refractivity contribution is 5.96. The molecule has 0 aliphatic heterocycles. The molecule has 0 unspecified atom stereocenters. The normalized spacial score (nSPS) is 10.7. The number of allylic oxidation sites excluding steroid dienone is 3. The smallest absolute Gasteiger partial charge is 0.331 e. The lowest BCUT2D eigenvalue weighted by Crippen LogP contribution is -2.35. The summed E-state index contributed by atoms with van der Waals surface area (Å²) in [5.41, 5.74) is 0.437. The fourth-order valence-electron chi connectivity index (χ4n) is 1.68. The molecule has 1 aromatic carbocycles. The third-order valence-electron chi connectivity index (χ3n) is 2.76. The van der Waals surface area contributed by atoms with Crippen LogP contribution in [-0.4, -0.2) is 25.0 Å². The first-order chi connectivity index (χ1) is 11.1. The Morgan fingerprint density at radius 3 is 2.61 bits per heavy atom. The van der Waals surface area contributed by atoms with Gasteiger partial charge in [-0.3, -0.25) is 4.79 Å². The van der Waals surface area contributed by atoms with Crippen molar-refractivity contribution in [2.45, 2.75) is 13.3 Å². The summed E-state index contributed by atoms with van der Waals surface area (Å²) in [4.78, 5) is 24.9. The SMILES string of the molecule is C/C=C/C=C/C(=O)OCC(=O)N(CCC#N)c1ccc(F)cc1. The highest BCUT2D eigenvalue weighted by atomic mass is 19.1. The van der Waals surface area contributed by atoms with Gasteiger partial charge in [0, 0.05) is 18.3 Å². The van der Waals surface area contributed by atoms with Gasteiger partial charge >= 0.3 is 5.97 Å². The van der Waals surface area contributed by atoms with Crippen LogP contribution in [0.25, 0.3) is 0 Å². The predicted molar refractivity (Wildman–Crippen MR) is 83.9 cm³/mol. The van der Waals surface area contributed by atoms with Crippen molar-refractivity contribution in [1.82, 2.24) is 0 Å². The lowest BCUT2D eigenvalue weighted by molar-refractivity contribution is -0.142. The number of nitriles is 1. The van der Waals surface area contributed by atoms with E-state index < -0.39 is 24.3 Å². The zero-order valence-corrected chi connectivity index (χ0v) is 12.7. The Labute approximate surface area is 134 Å². The van der Waals surface area contributed by atoms with Crippen molar-refractivity contribution >= 4 is 17.6 Å². The van der Waals surface area contributed by atoms with Crippen LogP contribution >= 0.6 is 0 Å². The second-order valence-electron chi connectivity index (χ2n) is 4.42. The maximum absolute atomic E-state index is 13.0. The molecule has 0 aliphatic rings. The Morgan fingerprint density at radius 2 is 2.00 bits per heavy atom. The molecule has 0 aliphatic carbocycles. The van der Waals surface area contributed by atoms with Crippen LogP contribution in [0.15, 0.2) is 48.6 Å². The van der Waals surface area contributed by atoms with Crippen molar-refractivity contribution in [2.24, 2.45) is 0 Å². The number of benzene rings is 1. The molecule has 120 valence electrons. The van der Waals surface area contributed by atoms with E-state index >= 15 is 0 Å². The van der Waals surface area contributed by atoms with E-state index in [1.165, 1.54) is 41.3 Å². The van der Waals surface area contributed by atoms with E-state index in [4.69, 9.17) is 10.00 Å². The van der Waals surface area contributed by atoms with Crippen LogP contribution in [0.5, 0.6) is 0 Å². The van der Waals surface area contributed by atoms with E-state index in [-0.39, 0.29) is 13.0 Å². The Morgan fingerprint density at radius 1 is 1.30 bits per heavy atom. The molecule has 0 N–H and O–H groups in total. The first kappa shape index (κ1) is 18.1. The molecule has 6 heteroatoms. The number of amides is 1. The molecule has 1 aromatic rings. The van der Waals surface area contributed by atoms with E-state index in [1.807, 2.05) is 6.07 Å². The molecule has 1 rings (SSSR count). The molecular formula is C17H17FN2O3. The Hall–Kier alpha value is -2.94. The van der Waals surface area contributed by atoms with E-state index in [2.05, 4.69) is 0 Å². The predicted octanol–water partition coefficient (Wildman–Crippen LogP) is 2.75. The third kappa shape index (κ3) is 6.57. The zero-order chi connectivity index (χ0) is 17.1. The number of nitrogens with zero attached hydrogens (tertiary/aromatic N) is 2. The second-order valence-corrected chi connectivity index (χ2v) is 4.42. The summed E-state index contributed by atoms with van der Waals surface area (Å²) in [7, 11) is 0. The molecule has 0 aromatic heterocycles. The molecule has 0 heterocycles. The summed E-state index contributed by atoms with van der Waals surface area (Å²) in [6.45, 7) is 1.48. The molecule has 0 radical (unpaired) electrons. The topological polar surface area (TPSA) is 70.4 Å². The van der Waals surface area contributed by atoms with Gasteiger partial charge in [-0.15, -0.1) is 0 Å². The summed E-state index contributed by atoms with van der Waals surface area (Å²) in [5, 5.41) is 8.68. The molecule has 0 spiro atoms. The van der Waals surface area contributed by atoms with Crippen molar-refractivity contribution in [3.8, 4) is 6.07 Å². The Kier molecular flexibility index (Phi) is 7.79. The van der Waals surface area contributed by atoms with Crippen molar-refractivity contribution in [2.75, 3.05) is 18.1 Å². The van der Waals surface area contributed by atoms with Crippen LogP contribution < -0.4 is 4.90 Å². The molecule has 23 heavy (non-hydrogen) atoms. The number of carbonyl (C=O) groups excluding carboxylic acids is 2. The minimum Gasteiger partial charge on any atom is -0.452 e. The quantitative estimate of drug-likeness (QED) is 0.440. The average molecular weight is 316 g/mol. The standard InChI is InChI=1S/C17H17FN2O3/c1-2-3-4-6-17(22)23-13-16(21)20(12-5-11-19)15-9-7-14(18)8-10-15/h2-4,6-10H,5,12-13H2,1H3/b3-2+,6-4+. The minimum atomic E-state index is -0.643. The molecule has 1 amide bonds. The highest BCUT2D eigenvalue weighted by Crippen LogP contribution is 2.15. The summed E-state index contributed by atoms with van der Waals surface area (Å²) < 4.78 is 17.8. The highest BCUT2D eigenvalue weighted by Gasteiger charge is 2.17. The first-order valence-electron chi connectivity index (χ1n) is 6.97. The van der Waals surface area contributed by atoms with E-state index in [0.29, 0.717) is 5.69 Å². The number of anilines is 1. The number of esters is 1. The van der Waals surface area contributed by atoms with Gasteiger partial charge in [0.05, 0.1) is 12.5 Å². The molecule has 0 atom stereocenters. The summed E-state index contributed by atoms with van der Waals surface area (Å²) in [5.74, 6) is -1.56. The molecular weight excluding hydrogens is 299 g/mol. The van der Waals surface area contributed by atoms with Crippen LogP contribution in [0, 0.1) is 17.1 Å². The van der Waals surface area contributed by atoms with Crippen LogP contribution in [0.3, 0.4) is 0 Å². The van der Waals surface area contributed by atoms with Crippen molar-refractivity contribution in [3.05, 3.63) is 54.4 Å². The number of hydrogen-bond acceptors (Lipinski definition) is 4. The number of ether oxygens (including phenoxy) is 1. The fourth-order valence-corrected chi connectivity index (χ4v) is 1.68. The molecule has 0 saturated heterocycles. The minimum absolute atomic E-state index is 0.109. The summed E-state index contributed by atoms with van der Waals surface area (Å²) in [6.07, 6.45) is 6.21.